The van der Waals surface area contributed by atoms with Crippen LogP contribution in [0.5, 0.6) is 0 Å². The van der Waals surface area contributed by atoms with E-state index in [9.17, 15) is 0 Å². The molecule has 1 unspecified atom stereocenters. The number of aliphatic imine (C=N–C) groups is 1. The lowest BCUT2D eigenvalue weighted by atomic mass is 10.1. The van der Waals surface area contributed by atoms with Gasteiger partial charge < -0.3 is 14.4 Å². The van der Waals surface area contributed by atoms with Crippen LogP contribution in [0.1, 0.15) is 20.3 Å². The van der Waals surface area contributed by atoms with Crippen molar-refractivity contribution in [3.05, 3.63) is 12.3 Å². The molecular weight excluding hydrogens is 192 g/mol. The Hall–Kier alpha value is -0.870. The van der Waals surface area contributed by atoms with Gasteiger partial charge in [0.25, 0.3) is 0 Å². The van der Waals surface area contributed by atoms with E-state index in [4.69, 9.17) is 9.47 Å². The van der Waals surface area contributed by atoms with Gasteiger partial charge in [0, 0.05) is 26.6 Å². The van der Waals surface area contributed by atoms with Crippen molar-refractivity contribution in [1.82, 2.24) is 4.90 Å². The molecule has 1 heterocycles. The van der Waals surface area contributed by atoms with Crippen LogP contribution in [-0.4, -0.2) is 37.9 Å². The van der Waals surface area contributed by atoms with Gasteiger partial charge in [0.1, 0.15) is 6.17 Å². The standard InChI is InChI=1S/C11H20N2O2/c1-9(2)8-10-12-6-5-7-13(10)11(14-3)15-4/h5-7,9-11H,8H2,1-4H3. The maximum atomic E-state index is 5.23. The van der Waals surface area contributed by atoms with Gasteiger partial charge in [0.05, 0.1) is 0 Å². The van der Waals surface area contributed by atoms with E-state index < -0.39 is 0 Å². The predicted molar refractivity (Wildman–Crippen MR) is 60.5 cm³/mol. The Morgan fingerprint density at radius 3 is 2.53 bits per heavy atom. The highest BCUT2D eigenvalue weighted by molar-refractivity contribution is 5.71. The Morgan fingerprint density at radius 2 is 2.00 bits per heavy atom. The van der Waals surface area contributed by atoms with Crippen LogP contribution in [0, 0.1) is 5.92 Å². The number of nitrogens with zero attached hydrogens (tertiary/aromatic N) is 2. The van der Waals surface area contributed by atoms with Crippen LogP contribution in [-0.2, 0) is 9.47 Å². The summed E-state index contributed by atoms with van der Waals surface area (Å²) in [5, 5.41) is 0. The minimum Gasteiger partial charge on any atom is -0.339 e. The fraction of sp³-hybridized carbons (Fsp3) is 0.727. The van der Waals surface area contributed by atoms with Crippen LogP contribution in [0.3, 0.4) is 0 Å². The molecule has 1 atom stereocenters. The third-order valence-corrected chi connectivity index (χ3v) is 2.28. The van der Waals surface area contributed by atoms with Gasteiger partial charge in [0.15, 0.2) is 0 Å². The number of allylic oxidation sites excluding steroid dienone is 1. The molecule has 0 spiro atoms. The van der Waals surface area contributed by atoms with Crippen LogP contribution in [0.2, 0.25) is 0 Å². The molecule has 0 aliphatic carbocycles. The fourth-order valence-electron chi connectivity index (χ4n) is 1.62. The largest absolute Gasteiger partial charge is 0.339 e. The monoisotopic (exact) mass is 212 g/mol. The van der Waals surface area contributed by atoms with Crippen molar-refractivity contribution in [1.29, 1.82) is 0 Å². The summed E-state index contributed by atoms with van der Waals surface area (Å²) in [4.78, 5) is 6.41. The van der Waals surface area contributed by atoms with E-state index in [0.29, 0.717) is 5.92 Å². The zero-order chi connectivity index (χ0) is 11.3. The van der Waals surface area contributed by atoms with Crippen molar-refractivity contribution >= 4 is 6.21 Å². The maximum absolute atomic E-state index is 5.23. The Kier molecular flexibility index (Phi) is 4.78. The molecule has 0 amide bonds. The molecule has 0 aromatic heterocycles. The number of rotatable bonds is 5. The summed E-state index contributed by atoms with van der Waals surface area (Å²) >= 11 is 0. The van der Waals surface area contributed by atoms with E-state index in [2.05, 4.69) is 18.8 Å². The second-order valence-electron chi connectivity index (χ2n) is 3.98. The van der Waals surface area contributed by atoms with Crippen LogP contribution in [0.4, 0.5) is 0 Å². The molecular formula is C11H20N2O2. The molecule has 15 heavy (non-hydrogen) atoms. The van der Waals surface area contributed by atoms with Crippen LogP contribution < -0.4 is 0 Å². The predicted octanol–water partition coefficient (Wildman–Crippen LogP) is 1.84. The lowest BCUT2D eigenvalue weighted by Gasteiger charge is -2.35. The average Bonchev–Trinajstić information content (AvgIpc) is 2.21. The molecule has 0 radical (unpaired) electrons. The fourth-order valence-corrected chi connectivity index (χ4v) is 1.62. The smallest absolute Gasteiger partial charge is 0.241 e. The lowest BCUT2D eigenvalue weighted by Crippen LogP contribution is -2.42. The van der Waals surface area contributed by atoms with Crippen molar-refractivity contribution in [2.45, 2.75) is 32.8 Å². The highest BCUT2D eigenvalue weighted by Crippen LogP contribution is 2.18. The van der Waals surface area contributed by atoms with Crippen molar-refractivity contribution in [3.63, 3.8) is 0 Å². The summed E-state index contributed by atoms with van der Waals surface area (Å²) in [5.41, 5.74) is 0. The van der Waals surface area contributed by atoms with Crippen LogP contribution in [0.25, 0.3) is 0 Å². The van der Waals surface area contributed by atoms with Crippen molar-refractivity contribution in [3.8, 4) is 0 Å². The Morgan fingerprint density at radius 1 is 1.33 bits per heavy atom. The van der Waals surface area contributed by atoms with E-state index in [1.165, 1.54) is 0 Å². The molecule has 4 heteroatoms. The van der Waals surface area contributed by atoms with E-state index >= 15 is 0 Å². The first-order valence-corrected chi connectivity index (χ1v) is 5.22. The SMILES string of the molecule is COC(OC)N1C=CC=NC1CC(C)C. The van der Waals surface area contributed by atoms with E-state index in [1.54, 1.807) is 14.2 Å². The average molecular weight is 212 g/mol. The molecule has 1 aliphatic heterocycles. The van der Waals surface area contributed by atoms with Crippen molar-refractivity contribution in [2.75, 3.05) is 14.2 Å². The summed E-state index contributed by atoms with van der Waals surface area (Å²) in [6.07, 6.45) is 6.41. The molecule has 0 bridgehead atoms. The number of methoxy groups -OCH3 is 2. The third-order valence-electron chi connectivity index (χ3n) is 2.28. The Labute approximate surface area is 91.6 Å². The summed E-state index contributed by atoms with van der Waals surface area (Å²) in [6.45, 7) is 4.36. The molecule has 0 N–H and O–H groups in total. The molecule has 4 nitrogen and oxygen atoms in total. The maximum Gasteiger partial charge on any atom is 0.241 e. The number of hydrogen-bond donors (Lipinski definition) is 0. The molecule has 0 saturated heterocycles. The van der Waals surface area contributed by atoms with E-state index in [-0.39, 0.29) is 12.6 Å². The Balaban J connectivity index is 2.66. The van der Waals surface area contributed by atoms with Crippen molar-refractivity contribution < 1.29 is 9.47 Å². The number of ether oxygens (including phenoxy) is 2. The summed E-state index contributed by atoms with van der Waals surface area (Å²) in [5.74, 6) is 0.593. The zero-order valence-electron chi connectivity index (χ0n) is 9.88. The molecule has 0 aromatic rings. The van der Waals surface area contributed by atoms with E-state index in [0.717, 1.165) is 6.42 Å². The van der Waals surface area contributed by atoms with Gasteiger partial charge in [-0.05, 0) is 18.4 Å². The van der Waals surface area contributed by atoms with Gasteiger partial charge in [-0.15, -0.1) is 0 Å². The summed E-state index contributed by atoms with van der Waals surface area (Å²) in [7, 11) is 3.26. The van der Waals surface area contributed by atoms with Gasteiger partial charge in [-0.1, -0.05) is 13.8 Å². The Bertz CT molecular complexity index is 235. The topological polar surface area (TPSA) is 34.1 Å². The molecule has 0 saturated carbocycles. The van der Waals surface area contributed by atoms with Gasteiger partial charge in [-0.2, -0.15) is 0 Å². The zero-order valence-corrected chi connectivity index (χ0v) is 9.88. The van der Waals surface area contributed by atoms with Gasteiger partial charge in [0.2, 0.25) is 6.41 Å². The second kappa shape index (κ2) is 5.88. The molecule has 0 aromatic carbocycles. The minimum atomic E-state index is -0.359. The summed E-state index contributed by atoms with van der Waals surface area (Å²) < 4.78 is 10.5. The first kappa shape index (κ1) is 12.2. The first-order valence-electron chi connectivity index (χ1n) is 5.22. The minimum absolute atomic E-state index is 0.111. The van der Waals surface area contributed by atoms with Gasteiger partial charge in [-0.3, -0.25) is 4.99 Å². The quantitative estimate of drug-likeness (QED) is 0.652. The van der Waals surface area contributed by atoms with Crippen LogP contribution >= 0.6 is 0 Å². The molecule has 1 rings (SSSR count). The highest BCUT2D eigenvalue weighted by Gasteiger charge is 2.24. The number of hydrogen-bond acceptors (Lipinski definition) is 4. The third kappa shape index (κ3) is 3.32. The molecule has 0 fully saturated rings. The normalized spacial score (nSPS) is 20.7. The van der Waals surface area contributed by atoms with Crippen molar-refractivity contribution in [2.24, 2.45) is 10.9 Å². The van der Waals surface area contributed by atoms with Crippen LogP contribution in [0.15, 0.2) is 17.3 Å². The van der Waals surface area contributed by atoms with Gasteiger partial charge in [-0.25, -0.2) is 0 Å². The summed E-state index contributed by atoms with van der Waals surface area (Å²) in [6, 6.07) is 0. The second-order valence-corrected chi connectivity index (χ2v) is 3.98. The first-order chi connectivity index (χ1) is 7.19. The highest BCUT2D eigenvalue weighted by atomic mass is 16.7. The lowest BCUT2D eigenvalue weighted by molar-refractivity contribution is -0.191. The molecule has 86 valence electrons. The van der Waals surface area contributed by atoms with E-state index in [1.807, 2.05) is 23.4 Å². The molecule has 1 aliphatic rings. The van der Waals surface area contributed by atoms with Gasteiger partial charge >= 0.3 is 0 Å².